The van der Waals surface area contributed by atoms with Crippen LogP contribution in [0.1, 0.15) is 31.2 Å². The van der Waals surface area contributed by atoms with E-state index in [0.717, 1.165) is 30.9 Å². The molecule has 0 atom stereocenters. The van der Waals surface area contributed by atoms with Crippen LogP contribution in [0.2, 0.25) is 0 Å². The lowest BCUT2D eigenvalue weighted by Crippen LogP contribution is -2.05. The molecule has 108 valence electrons. The van der Waals surface area contributed by atoms with Crippen LogP contribution in [-0.4, -0.2) is 9.55 Å². The number of nitrogens with two attached hydrogens (primary N) is 1. The van der Waals surface area contributed by atoms with Crippen molar-refractivity contribution in [2.75, 3.05) is 5.73 Å². The van der Waals surface area contributed by atoms with Gasteiger partial charge in [-0.2, -0.15) is 13.2 Å². The number of anilines is 1. The van der Waals surface area contributed by atoms with Crippen molar-refractivity contribution in [3.63, 3.8) is 0 Å². The van der Waals surface area contributed by atoms with Crippen molar-refractivity contribution >= 4 is 17.0 Å². The third-order valence-corrected chi connectivity index (χ3v) is 3.80. The Morgan fingerprint density at radius 3 is 2.70 bits per heavy atom. The van der Waals surface area contributed by atoms with E-state index in [4.69, 9.17) is 5.73 Å². The average molecular weight is 283 g/mol. The van der Waals surface area contributed by atoms with Crippen molar-refractivity contribution in [1.29, 1.82) is 0 Å². The summed E-state index contributed by atoms with van der Waals surface area (Å²) in [6.07, 6.45) is 0.393. The molecule has 1 aromatic carbocycles. The molecule has 0 bridgehead atoms. The summed E-state index contributed by atoms with van der Waals surface area (Å²) in [5, 5.41) is 0. The Labute approximate surface area is 114 Å². The van der Waals surface area contributed by atoms with Gasteiger partial charge in [-0.3, -0.25) is 0 Å². The van der Waals surface area contributed by atoms with Crippen LogP contribution in [0.4, 0.5) is 19.1 Å². The number of nitrogens with zero attached hydrogens (tertiary/aromatic N) is 2. The number of aromatic nitrogens is 2. The van der Waals surface area contributed by atoms with Gasteiger partial charge in [0, 0.05) is 6.54 Å². The van der Waals surface area contributed by atoms with E-state index in [9.17, 15) is 13.2 Å². The van der Waals surface area contributed by atoms with Crippen molar-refractivity contribution in [3.05, 3.63) is 23.8 Å². The molecule has 0 amide bonds. The summed E-state index contributed by atoms with van der Waals surface area (Å²) in [6, 6.07) is 3.60. The quantitative estimate of drug-likeness (QED) is 0.926. The molecule has 1 heterocycles. The zero-order valence-electron chi connectivity index (χ0n) is 11.0. The zero-order chi connectivity index (χ0) is 14.3. The Morgan fingerprint density at radius 2 is 2.05 bits per heavy atom. The number of nitrogen functional groups attached to an aromatic ring is 1. The van der Waals surface area contributed by atoms with E-state index in [1.54, 1.807) is 4.57 Å². The van der Waals surface area contributed by atoms with Gasteiger partial charge in [-0.1, -0.05) is 12.8 Å². The highest BCUT2D eigenvalue weighted by atomic mass is 19.4. The molecule has 0 saturated heterocycles. The number of hydrogen-bond donors (Lipinski definition) is 1. The second kappa shape index (κ2) is 4.68. The maximum atomic E-state index is 12.7. The van der Waals surface area contributed by atoms with E-state index in [0.29, 0.717) is 17.6 Å². The first-order chi connectivity index (χ1) is 9.45. The van der Waals surface area contributed by atoms with E-state index in [1.165, 1.54) is 18.9 Å². The topological polar surface area (TPSA) is 43.8 Å². The van der Waals surface area contributed by atoms with Crippen molar-refractivity contribution in [2.45, 2.75) is 38.4 Å². The van der Waals surface area contributed by atoms with Gasteiger partial charge in [0.15, 0.2) is 0 Å². The molecule has 3 nitrogen and oxygen atoms in total. The van der Waals surface area contributed by atoms with Crippen LogP contribution in [0.3, 0.4) is 0 Å². The van der Waals surface area contributed by atoms with Gasteiger partial charge >= 0.3 is 6.18 Å². The Morgan fingerprint density at radius 1 is 1.30 bits per heavy atom. The van der Waals surface area contributed by atoms with E-state index in [2.05, 4.69) is 4.98 Å². The van der Waals surface area contributed by atoms with Crippen LogP contribution >= 0.6 is 0 Å². The molecule has 0 spiro atoms. The fourth-order valence-electron chi connectivity index (χ4n) is 2.50. The van der Waals surface area contributed by atoms with Crippen LogP contribution in [-0.2, 0) is 12.7 Å². The highest BCUT2D eigenvalue weighted by Crippen LogP contribution is 2.34. The smallest absolute Gasteiger partial charge is 0.369 e. The summed E-state index contributed by atoms with van der Waals surface area (Å²) in [5.41, 5.74) is 6.11. The Balaban J connectivity index is 1.86. The van der Waals surface area contributed by atoms with Gasteiger partial charge in [0.1, 0.15) is 0 Å². The molecule has 1 aromatic heterocycles. The first-order valence-corrected chi connectivity index (χ1v) is 6.78. The van der Waals surface area contributed by atoms with Crippen LogP contribution < -0.4 is 5.73 Å². The minimum atomic E-state index is -4.35. The number of halogens is 3. The van der Waals surface area contributed by atoms with E-state index in [-0.39, 0.29) is 5.95 Å². The number of fused-ring (bicyclic) bond motifs is 1. The summed E-state index contributed by atoms with van der Waals surface area (Å²) >= 11 is 0. The molecular formula is C14H16F3N3. The molecule has 1 aliphatic rings. The van der Waals surface area contributed by atoms with Crippen LogP contribution in [0.15, 0.2) is 18.2 Å². The number of alkyl halides is 3. The molecule has 0 aliphatic heterocycles. The van der Waals surface area contributed by atoms with Crippen molar-refractivity contribution in [3.8, 4) is 0 Å². The molecule has 3 rings (SSSR count). The summed E-state index contributed by atoms with van der Waals surface area (Å²) in [6.45, 7) is 0.712. The number of aryl methyl sites for hydroxylation is 1. The minimum Gasteiger partial charge on any atom is -0.369 e. The lowest BCUT2D eigenvalue weighted by Gasteiger charge is -2.08. The molecule has 20 heavy (non-hydrogen) atoms. The van der Waals surface area contributed by atoms with Crippen LogP contribution in [0, 0.1) is 5.92 Å². The van der Waals surface area contributed by atoms with E-state index in [1.807, 2.05) is 0 Å². The summed E-state index contributed by atoms with van der Waals surface area (Å²) in [5.74, 6) is 1.12. The van der Waals surface area contributed by atoms with Gasteiger partial charge in [0.2, 0.25) is 5.95 Å². The Bertz CT molecular complexity index is 626. The fourth-order valence-corrected chi connectivity index (χ4v) is 2.50. The predicted molar refractivity (Wildman–Crippen MR) is 71.1 cm³/mol. The van der Waals surface area contributed by atoms with Gasteiger partial charge in [0.25, 0.3) is 0 Å². The highest BCUT2D eigenvalue weighted by molar-refractivity contribution is 5.79. The molecule has 0 unspecified atom stereocenters. The molecule has 6 heteroatoms. The van der Waals surface area contributed by atoms with Crippen molar-refractivity contribution < 1.29 is 13.2 Å². The fraction of sp³-hybridized carbons (Fsp3) is 0.500. The number of benzene rings is 1. The molecular weight excluding hydrogens is 267 g/mol. The van der Waals surface area contributed by atoms with E-state index < -0.39 is 11.7 Å². The number of imidazole rings is 1. The van der Waals surface area contributed by atoms with Crippen molar-refractivity contribution in [2.24, 2.45) is 5.92 Å². The van der Waals surface area contributed by atoms with Crippen LogP contribution in [0.5, 0.6) is 0 Å². The molecule has 0 radical (unpaired) electrons. The predicted octanol–water partition coefficient (Wildman–Crippen LogP) is 3.83. The summed E-state index contributed by atoms with van der Waals surface area (Å²) in [7, 11) is 0. The second-order valence-corrected chi connectivity index (χ2v) is 5.41. The normalized spacial score (nSPS) is 15.9. The molecule has 1 aliphatic carbocycles. The maximum absolute atomic E-state index is 12.7. The molecule has 1 fully saturated rings. The van der Waals surface area contributed by atoms with Gasteiger partial charge in [-0.15, -0.1) is 0 Å². The Hall–Kier alpha value is -1.72. The first-order valence-electron chi connectivity index (χ1n) is 6.78. The van der Waals surface area contributed by atoms with Gasteiger partial charge < -0.3 is 10.3 Å². The lowest BCUT2D eigenvalue weighted by atomic mass is 10.2. The highest BCUT2D eigenvalue weighted by Gasteiger charge is 2.31. The second-order valence-electron chi connectivity index (χ2n) is 5.41. The van der Waals surface area contributed by atoms with Crippen LogP contribution in [0.25, 0.3) is 11.0 Å². The largest absolute Gasteiger partial charge is 0.416 e. The molecule has 1 saturated carbocycles. The van der Waals surface area contributed by atoms with Gasteiger partial charge in [-0.05, 0) is 37.0 Å². The first kappa shape index (κ1) is 13.3. The van der Waals surface area contributed by atoms with E-state index >= 15 is 0 Å². The third kappa shape index (κ3) is 2.59. The average Bonchev–Trinajstić information content (AvgIpc) is 3.12. The van der Waals surface area contributed by atoms with Gasteiger partial charge in [0.05, 0.1) is 16.6 Å². The molecule has 2 aromatic rings. The number of rotatable bonds is 4. The van der Waals surface area contributed by atoms with Gasteiger partial charge in [-0.25, -0.2) is 4.98 Å². The summed E-state index contributed by atoms with van der Waals surface area (Å²) in [4.78, 5) is 4.04. The number of hydrogen-bond acceptors (Lipinski definition) is 2. The SMILES string of the molecule is Nc1nc2cc(C(F)(F)F)ccc2n1CCCC1CC1. The maximum Gasteiger partial charge on any atom is 0.416 e. The summed E-state index contributed by atoms with van der Waals surface area (Å²) < 4.78 is 39.8. The zero-order valence-corrected chi connectivity index (χ0v) is 11.0. The third-order valence-electron chi connectivity index (χ3n) is 3.80. The standard InChI is InChI=1S/C14H16F3N3/c15-14(16,17)10-5-6-12-11(8-10)19-13(18)20(12)7-1-2-9-3-4-9/h5-6,8-9H,1-4,7H2,(H2,18,19). The monoisotopic (exact) mass is 283 g/mol. The Kier molecular flexibility index (Phi) is 3.11. The van der Waals surface area contributed by atoms with Crippen molar-refractivity contribution in [1.82, 2.24) is 9.55 Å². The minimum absolute atomic E-state index is 0.287. The lowest BCUT2D eigenvalue weighted by molar-refractivity contribution is -0.137. The molecule has 2 N–H and O–H groups in total.